The fourth-order valence-corrected chi connectivity index (χ4v) is 3.69. The lowest BCUT2D eigenvalue weighted by molar-refractivity contribution is 0.0571. The molecule has 2 aliphatic rings. The summed E-state index contributed by atoms with van der Waals surface area (Å²) in [7, 11) is 0. The van der Waals surface area contributed by atoms with Gasteiger partial charge < -0.3 is 14.2 Å². The van der Waals surface area contributed by atoms with E-state index in [1.165, 1.54) is 12.8 Å². The van der Waals surface area contributed by atoms with Gasteiger partial charge in [0.05, 0.1) is 18.7 Å². The van der Waals surface area contributed by atoms with Crippen LogP contribution in [0.2, 0.25) is 0 Å². The molecule has 2 aromatic heterocycles. The van der Waals surface area contributed by atoms with E-state index in [9.17, 15) is 4.79 Å². The predicted octanol–water partition coefficient (Wildman–Crippen LogP) is 2.64. The van der Waals surface area contributed by atoms with E-state index in [1.54, 1.807) is 11.3 Å². The zero-order valence-corrected chi connectivity index (χ0v) is 13.9. The maximum Gasteiger partial charge on any atom is 0.255 e. The average molecular weight is 331 g/mol. The van der Waals surface area contributed by atoms with Crippen LogP contribution in [0.3, 0.4) is 0 Å². The summed E-state index contributed by atoms with van der Waals surface area (Å²) >= 11 is 1.56. The van der Waals surface area contributed by atoms with Crippen molar-refractivity contribution in [2.75, 3.05) is 19.8 Å². The normalized spacial score (nSPS) is 21.0. The minimum Gasteiger partial charge on any atom is -0.381 e. The van der Waals surface area contributed by atoms with Gasteiger partial charge in [-0.15, -0.1) is 0 Å². The summed E-state index contributed by atoms with van der Waals surface area (Å²) in [5.41, 5.74) is 0.771. The molecule has 0 spiro atoms. The number of imidazole rings is 1. The van der Waals surface area contributed by atoms with Gasteiger partial charge in [0.1, 0.15) is 5.82 Å². The molecule has 1 fully saturated rings. The Balaban J connectivity index is 1.48. The first-order chi connectivity index (χ1) is 11.3. The third-order valence-electron chi connectivity index (χ3n) is 4.53. The van der Waals surface area contributed by atoms with E-state index >= 15 is 0 Å². The number of hydrogen-bond acceptors (Lipinski definition) is 4. The molecule has 1 amide bonds. The molecular weight excluding hydrogens is 310 g/mol. The first-order valence-corrected chi connectivity index (χ1v) is 9.13. The molecule has 0 bridgehead atoms. The van der Waals surface area contributed by atoms with Crippen LogP contribution in [0, 0.1) is 11.8 Å². The van der Waals surface area contributed by atoms with Crippen molar-refractivity contribution in [1.82, 2.24) is 14.5 Å². The maximum absolute atomic E-state index is 12.7. The molecule has 122 valence electrons. The van der Waals surface area contributed by atoms with Crippen LogP contribution in [0.5, 0.6) is 0 Å². The fourth-order valence-electron chi connectivity index (χ4n) is 3.06. The highest BCUT2D eigenvalue weighted by Crippen LogP contribution is 2.29. The number of amides is 1. The molecule has 1 atom stereocenters. The average Bonchev–Trinajstić information content (AvgIpc) is 3.07. The van der Waals surface area contributed by atoms with E-state index in [4.69, 9.17) is 4.74 Å². The summed E-state index contributed by atoms with van der Waals surface area (Å²) in [6.07, 6.45) is 6.43. The fraction of sp³-hybridized carbons (Fsp3) is 0.529. The van der Waals surface area contributed by atoms with Crippen LogP contribution < -0.4 is 0 Å². The summed E-state index contributed by atoms with van der Waals surface area (Å²) in [6.45, 7) is 3.74. The Labute approximate surface area is 139 Å². The minimum atomic E-state index is 0.0925. The Morgan fingerprint density at radius 2 is 2.17 bits per heavy atom. The van der Waals surface area contributed by atoms with Gasteiger partial charge in [-0.25, -0.2) is 4.98 Å². The highest BCUT2D eigenvalue weighted by Gasteiger charge is 2.27. The molecule has 0 aromatic carbocycles. The Kier molecular flexibility index (Phi) is 4.18. The molecule has 6 heteroatoms. The lowest BCUT2D eigenvalue weighted by Gasteiger charge is -2.23. The second kappa shape index (κ2) is 6.45. The van der Waals surface area contributed by atoms with E-state index in [0.29, 0.717) is 19.1 Å². The molecule has 3 heterocycles. The third kappa shape index (κ3) is 3.48. The third-order valence-corrected chi connectivity index (χ3v) is 5.21. The number of rotatable bonds is 5. The lowest BCUT2D eigenvalue weighted by Crippen LogP contribution is -2.35. The molecule has 0 saturated heterocycles. The summed E-state index contributed by atoms with van der Waals surface area (Å²) in [4.78, 5) is 19.1. The van der Waals surface area contributed by atoms with Crippen LogP contribution in [0.4, 0.5) is 0 Å². The highest BCUT2D eigenvalue weighted by molar-refractivity contribution is 7.08. The van der Waals surface area contributed by atoms with Crippen molar-refractivity contribution in [3.8, 4) is 0 Å². The highest BCUT2D eigenvalue weighted by atomic mass is 32.1. The second-order valence-electron chi connectivity index (χ2n) is 6.54. The van der Waals surface area contributed by atoms with Crippen LogP contribution in [-0.2, 0) is 17.8 Å². The van der Waals surface area contributed by atoms with Crippen molar-refractivity contribution < 1.29 is 9.53 Å². The summed E-state index contributed by atoms with van der Waals surface area (Å²) in [6, 6.07) is 1.89. The topological polar surface area (TPSA) is 47.4 Å². The number of hydrogen-bond donors (Lipinski definition) is 0. The lowest BCUT2D eigenvalue weighted by atomic mass is 10.1. The number of carbonyl (C=O) groups is 1. The van der Waals surface area contributed by atoms with Crippen molar-refractivity contribution in [3.05, 3.63) is 40.6 Å². The molecule has 0 radical (unpaired) electrons. The van der Waals surface area contributed by atoms with Crippen molar-refractivity contribution >= 4 is 17.2 Å². The second-order valence-corrected chi connectivity index (χ2v) is 7.32. The largest absolute Gasteiger partial charge is 0.381 e. The first kappa shape index (κ1) is 14.9. The molecule has 4 rings (SSSR count). The number of carbonyl (C=O) groups excluding carboxylic acids is 1. The van der Waals surface area contributed by atoms with Gasteiger partial charge in [0.2, 0.25) is 0 Å². The summed E-state index contributed by atoms with van der Waals surface area (Å²) in [5, 5.41) is 3.86. The molecule has 23 heavy (non-hydrogen) atoms. The number of thiophene rings is 1. The van der Waals surface area contributed by atoms with Crippen molar-refractivity contribution in [2.24, 2.45) is 11.8 Å². The number of ether oxygens (including phenoxy) is 1. The smallest absolute Gasteiger partial charge is 0.255 e. The standard InChI is InChI=1S/C17H21N3O2S/c21-17(15-3-6-23-12-15)20-8-14(11-22-10-13-1-2-13)7-19-5-4-18-16(19)9-20/h3-6,12-14H,1-2,7-11H2/t14-/m1/s1. The van der Waals surface area contributed by atoms with Crippen LogP contribution in [-0.4, -0.2) is 40.1 Å². The number of aromatic nitrogens is 2. The molecule has 1 aliphatic carbocycles. The van der Waals surface area contributed by atoms with Gasteiger partial charge in [0, 0.05) is 43.4 Å². The maximum atomic E-state index is 12.7. The molecule has 1 aliphatic heterocycles. The van der Waals surface area contributed by atoms with Crippen LogP contribution >= 0.6 is 11.3 Å². The zero-order valence-electron chi connectivity index (χ0n) is 13.1. The predicted molar refractivity (Wildman–Crippen MR) is 88.3 cm³/mol. The summed E-state index contributed by atoms with van der Waals surface area (Å²) in [5.74, 6) is 2.13. The van der Waals surface area contributed by atoms with Gasteiger partial charge in [0.25, 0.3) is 5.91 Å². The van der Waals surface area contributed by atoms with Gasteiger partial charge in [-0.1, -0.05) is 0 Å². The Morgan fingerprint density at radius 3 is 2.96 bits per heavy atom. The van der Waals surface area contributed by atoms with Gasteiger partial charge >= 0.3 is 0 Å². The SMILES string of the molecule is O=C(c1ccsc1)N1Cc2nccn2C[C@@H](COCC2CC2)C1. The monoisotopic (exact) mass is 331 g/mol. The first-order valence-electron chi connectivity index (χ1n) is 8.19. The molecule has 1 saturated carbocycles. The van der Waals surface area contributed by atoms with Gasteiger partial charge in [0.15, 0.2) is 0 Å². The molecular formula is C17H21N3O2S. The quantitative estimate of drug-likeness (QED) is 0.846. The molecule has 2 aromatic rings. The Bertz CT molecular complexity index is 663. The van der Waals surface area contributed by atoms with E-state index in [1.807, 2.05) is 34.1 Å². The zero-order chi connectivity index (χ0) is 15.6. The van der Waals surface area contributed by atoms with Crippen molar-refractivity contribution in [2.45, 2.75) is 25.9 Å². The summed E-state index contributed by atoms with van der Waals surface area (Å²) < 4.78 is 8.05. The van der Waals surface area contributed by atoms with Crippen LogP contribution in [0.1, 0.15) is 29.0 Å². The molecule has 0 unspecified atom stereocenters. The minimum absolute atomic E-state index is 0.0925. The van der Waals surface area contributed by atoms with E-state index in [-0.39, 0.29) is 5.91 Å². The van der Waals surface area contributed by atoms with Gasteiger partial charge in [-0.05, 0) is 30.2 Å². The van der Waals surface area contributed by atoms with Gasteiger partial charge in [-0.2, -0.15) is 11.3 Å². The molecule has 0 N–H and O–H groups in total. The van der Waals surface area contributed by atoms with Crippen LogP contribution in [0.15, 0.2) is 29.2 Å². The number of nitrogens with zero attached hydrogens (tertiary/aromatic N) is 3. The Hall–Kier alpha value is -1.66. The van der Waals surface area contributed by atoms with Crippen molar-refractivity contribution in [3.63, 3.8) is 0 Å². The van der Waals surface area contributed by atoms with E-state index < -0.39 is 0 Å². The molecule has 5 nitrogen and oxygen atoms in total. The van der Waals surface area contributed by atoms with E-state index in [2.05, 4.69) is 9.55 Å². The van der Waals surface area contributed by atoms with Crippen LogP contribution in [0.25, 0.3) is 0 Å². The van der Waals surface area contributed by atoms with Gasteiger partial charge in [-0.3, -0.25) is 4.79 Å². The van der Waals surface area contributed by atoms with Crippen molar-refractivity contribution in [1.29, 1.82) is 0 Å². The number of fused-ring (bicyclic) bond motifs is 1. The van der Waals surface area contributed by atoms with E-state index in [0.717, 1.165) is 37.0 Å². The Morgan fingerprint density at radius 1 is 1.30 bits per heavy atom.